The van der Waals surface area contributed by atoms with E-state index in [0.717, 1.165) is 35.0 Å². The zero-order valence-electron chi connectivity index (χ0n) is 23.6. The number of carbonyl (C=O) groups is 2. The quantitative estimate of drug-likeness (QED) is 0.241. The number of rotatable bonds is 6. The molecule has 0 spiro atoms. The molecule has 1 aromatic heterocycles. The highest BCUT2D eigenvalue weighted by Crippen LogP contribution is 2.39. The molecule has 0 atom stereocenters. The van der Waals surface area contributed by atoms with E-state index in [-0.39, 0.29) is 10.8 Å². The smallest absolute Gasteiger partial charge is 0.261 e. The topological polar surface area (TPSA) is 129 Å². The van der Waals surface area contributed by atoms with Crippen molar-refractivity contribution >= 4 is 60.9 Å². The predicted octanol–water partition coefficient (Wildman–Crippen LogP) is 5.24. The summed E-state index contributed by atoms with van der Waals surface area (Å²) in [7, 11) is -1.84. The van der Waals surface area contributed by atoms with E-state index >= 15 is 0 Å². The summed E-state index contributed by atoms with van der Waals surface area (Å²) >= 11 is 5.94. The number of H-pyrrole nitrogens is 1. The highest BCUT2D eigenvalue weighted by atomic mass is 35.5. The van der Waals surface area contributed by atoms with Gasteiger partial charge in [-0.15, -0.1) is 0 Å². The van der Waals surface area contributed by atoms with Gasteiger partial charge in [0, 0.05) is 53.1 Å². The molecule has 0 radical (unpaired) electrons. The fourth-order valence-electron chi connectivity index (χ4n) is 5.62. The fraction of sp³-hybridized carbons (Fsp3) is 0.188. The number of primary amides is 1. The summed E-state index contributed by atoms with van der Waals surface area (Å²) in [5.41, 5.74) is 10.6. The van der Waals surface area contributed by atoms with Gasteiger partial charge in [0.15, 0.2) is 0 Å². The molecule has 0 saturated carbocycles. The van der Waals surface area contributed by atoms with Crippen LogP contribution in [0.5, 0.6) is 0 Å². The maximum atomic E-state index is 13.3. The van der Waals surface area contributed by atoms with Gasteiger partial charge < -0.3 is 20.5 Å². The highest BCUT2D eigenvalue weighted by molar-refractivity contribution is 7.92. The summed E-state index contributed by atoms with van der Waals surface area (Å²) in [6.45, 7) is 4.80. The minimum atomic E-state index is -3.88. The summed E-state index contributed by atoms with van der Waals surface area (Å²) in [6.07, 6.45) is 0. The van der Waals surface area contributed by atoms with Gasteiger partial charge in [-0.3, -0.25) is 14.3 Å². The molecule has 5 aromatic rings. The van der Waals surface area contributed by atoms with Gasteiger partial charge in [-0.25, -0.2) is 8.42 Å². The van der Waals surface area contributed by atoms with Crippen LogP contribution in [0.1, 0.15) is 26.3 Å². The van der Waals surface area contributed by atoms with Crippen LogP contribution in [-0.2, 0) is 10.0 Å². The first-order valence-electron chi connectivity index (χ1n) is 13.8. The molecule has 2 amide bonds. The first-order valence-corrected chi connectivity index (χ1v) is 15.6. The number of nitrogens with one attached hydrogen (secondary N) is 2. The third-order valence-corrected chi connectivity index (χ3v) is 9.68. The maximum absolute atomic E-state index is 13.3. The SMILES string of the molecule is Cc1c(NS(=O)(=O)c2ccc(Cl)cc2)cccc1-c1ccc(C(N)=O)c2[nH]c3cc(C(=O)N4CCN(C)CC4)ccc3c12. The Bertz CT molecular complexity index is 2010. The predicted molar refractivity (Wildman–Crippen MR) is 170 cm³/mol. The van der Waals surface area contributed by atoms with Crippen LogP contribution in [0.25, 0.3) is 32.9 Å². The number of hydrogen-bond donors (Lipinski definition) is 3. The Labute approximate surface area is 254 Å². The molecule has 4 N–H and O–H groups in total. The molecule has 2 heterocycles. The molecule has 1 aliphatic rings. The third kappa shape index (κ3) is 5.33. The number of sulfonamides is 1. The summed E-state index contributed by atoms with van der Waals surface area (Å²) < 4.78 is 29.0. The van der Waals surface area contributed by atoms with Crippen LogP contribution < -0.4 is 10.5 Å². The molecule has 11 heteroatoms. The number of piperazine rings is 1. The molecule has 6 rings (SSSR count). The minimum absolute atomic E-state index is 0.0412. The Morgan fingerprint density at radius 3 is 2.35 bits per heavy atom. The van der Waals surface area contributed by atoms with Crippen LogP contribution >= 0.6 is 11.6 Å². The number of nitrogens with zero attached hydrogens (tertiary/aromatic N) is 2. The molecule has 0 aliphatic carbocycles. The average molecular weight is 616 g/mol. The average Bonchev–Trinajstić information content (AvgIpc) is 3.37. The number of aromatic nitrogens is 1. The summed E-state index contributed by atoms with van der Waals surface area (Å²) in [5, 5.41) is 2.01. The number of benzene rings is 4. The molecule has 0 bridgehead atoms. The Morgan fingerprint density at radius 1 is 0.930 bits per heavy atom. The number of anilines is 1. The van der Waals surface area contributed by atoms with Crippen LogP contribution in [0, 0.1) is 6.92 Å². The Morgan fingerprint density at radius 2 is 1.65 bits per heavy atom. The molecule has 220 valence electrons. The standard InChI is InChI=1S/C32H30ClN5O4S/c1-19-23(4-3-5-27(19)36-43(41,42)22-9-7-21(33)8-10-22)24-12-13-26(31(34)39)30-29(24)25-11-6-20(18-28(25)35-30)32(40)38-16-14-37(2)15-17-38/h3-13,18,35-36H,14-17H2,1-2H3,(H2,34,39). The molecular weight excluding hydrogens is 586 g/mol. The van der Waals surface area contributed by atoms with Crippen LogP contribution in [0.15, 0.2) is 77.7 Å². The molecule has 4 aromatic carbocycles. The number of hydrogen-bond acceptors (Lipinski definition) is 5. The van der Waals surface area contributed by atoms with Crippen molar-refractivity contribution in [1.82, 2.24) is 14.8 Å². The maximum Gasteiger partial charge on any atom is 0.261 e. The van der Waals surface area contributed by atoms with Gasteiger partial charge >= 0.3 is 0 Å². The van der Waals surface area contributed by atoms with Crippen molar-refractivity contribution in [3.8, 4) is 11.1 Å². The van der Waals surface area contributed by atoms with E-state index in [9.17, 15) is 18.0 Å². The van der Waals surface area contributed by atoms with Crippen molar-refractivity contribution in [2.45, 2.75) is 11.8 Å². The minimum Gasteiger partial charge on any atom is -0.366 e. The summed E-state index contributed by atoms with van der Waals surface area (Å²) in [4.78, 5) is 33.2. The molecular formula is C32H30ClN5O4S. The molecule has 9 nitrogen and oxygen atoms in total. The zero-order valence-corrected chi connectivity index (χ0v) is 25.2. The van der Waals surface area contributed by atoms with Gasteiger partial charge in [0.1, 0.15) is 0 Å². The monoisotopic (exact) mass is 615 g/mol. The van der Waals surface area contributed by atoms with Gasteiger partial charge in [0.2, 0.25) is 0 Å². The van der Waals surface area contributed by atoms with Crippen molar-refractivity contribution in [2.24, 2.45) is 5.73 Å². The lowest BCUT2D eigenvalue weighted by Crippen LogP contribution is -2.47. The second kappa shape index (κ2) is 11.0. The first-order chi connectivity index (χ1) is 20.5. The number of nitrogens with two attached hydrogens (primary N) is 1. The number of fused-ring (bicyclic) bond motifs is 3. The number of halogens is 1. The van der Waals surface area contributed by atoms with Crippen LogP contribution in [0.4, 0.5) is 5.69 Å². The van der Waals surface area contributed by atoms with Gasteiger partial charge in [-0.1, -0.05) is 35.9 Å². The Balaban J connectivity index is 1.45. The second-order valence-electron chi connectivity index (χ2n) is 10.8. The van der Waals surface area contributed by atoms with Crippen LogP contribution in [0.2, 0.25) is 5.02 Å². The van der Waals surface area contributed by atoms with E-state index in [2.05, 4.69) is 14.6 Å². The first kappa shape index (κ1) is 28.7. The van der Waals surface area contributed by atoms with Crippen LogP contribution in [-0.4, -0.2) is 68.2 Å². The lowest BCUT2D eigenvalue weighted by atomic mass is 9.93. The number of carbonyl (C=O) groups excluding carboxylic acids is 2. The fourth-order valence-corrected chi connectivity index (χ4v) is 6.87. The van der Waals surface area contributed by atoms with Crippen molar-refractivity contribution < 1.29 is 18.0 Å². The molecule has 1 fully saturated rings. The number of aromatic amines is 1. The molecule has 1 saturated heterocycles. The molecule has 1 aliphatic heterocycles. The van der Waals surface area contributed by atoms with E-state index in [1.165, 1.54) is 24.3 Å². The Hall–Kier alpha value is -4.38. The van der Waals surface area contributed by atoms with E-state index < -0.39 is 15.9 Å². The second-order valence-corrected chi connectivity index (χ2v) is 12.9. The Kier molecular flexibility index (Phi) is 7.37. The van der Waals surface area contributed by atoms with Crippen LogP contribution in [0.3, 0.4) is 0 Å². The van der Waals surface area contributed by atoms with Gasteiger partial charge in [0.25, 0.3) is 21.8 Å². The van der Waals surface area contributed by atoms with Gasteiger partial charge in [-0.05, 0) is 79.2 Å². The largest absolute Gasteiger partial charge is 0.366 e. The van der Waals surface area contributed by atoms with E-state index in [0.29, 0.717) is 51.5 Å². The highest BCUT2D eigenvalue weighted by Gasteiger charge is 2.23. The van der Waals surface area contributed by atoms with E-state index in [1.807, 2.05) is 43.1 Å². The van der Waals surface area contributed by atoms with Crippen molar-refractivity contribution in [3.63, 3.8) is 0 Å². The normalized spacial score (nSPS) is 14.3. The lowest BCUT2D eigenvalue weighted by molar-refractivity contribution is 0.0664. The zero-order chi connectivity index (χ0) is 30.5. The van der Waals surface area contributed by atoms with E-state index in [1.54, 1.807) is 24.3 Å². The summed E-state index contributed by atoms with van der Waals surface area (Å²) in [6, 6.07) is 20.3. The lowest BCUT2D eigenvalue weighted by Gasteiger charge is -2.32. The van der Waals surface area contributed by atoms with Gasteiger partial charge in [0.05, 0.1) is 21.7 Å². The van der Waals surface area contributed by atoms with E-state index in [4.69, 9.17) is 17.3 Å². The van der Waals surface area contributed by atoms with Crippen molar-refractivity contribution in [2.75, 3.05) is 37.9 Å². The van der Waals surface area contributed by atoms with Gasteiger partial charge in [-0.2, -0.15) is 0 Å². The molecule has 43 heavy (non-hydrogen) atoms. The number of amides is 2. The van der Waals surface area contributed by atoms with Crippen molar-refractivity contribution in [1.29, 1.82) is 0 Å². The third-order valence-electron chi connectivity index (χ3n) is 8.05. The summed E-state index contributed by atoms with van der Waals surface area (Å²) in [5.74, 6) is -0.626. The van der Waals surface area contributed by atoms with Crippen molar-refractivity contribution in [3.05, 3.63) is 94.5 Å². The molecule has 0 unspecified atom stereocenters. The number of likely N-dealkylation sites (N-methyl/N-ethyl adjacent to an activating group) is 1.